The van der Waals surface area contributed by atoms with Crippen molar-refractivity contribution in [2.24, 2.45) is 29.4 Å². The number of hydrogen-bond donors (Lipinski definition) is 4. The van der Waals surface area contributed by atoms with Crippen LogP contribution in [0.3, 0.4) is 0 Å². The Bertz CT molecular complexity index is 1110. The van der Waals surface area contributed by atoms with Crippen molar-refractivity contribution < 1.29 is 39.0 Å². The van der Waals surface area contributed by atoms with E-state index < -0.39 is 58.3 Å². The van der Waals surface area contributed by atoms with Gasteiger partial charge in [0.25, 0.3) is 0 Å². The molecular weight excluding hydrogens is 420 g/mol. The zero-order valence-corrected chi connectivity index (χ0v) is 17.2. The molecule has 0 spiro atoms. The smallest absolute Gasteiger partial charge is 0.235 e. The summed E-state index contributed by atoms with van der Waals surface area (Å²) >= 11 is 0. The van der Waals surface area contributed by atoms with E-state index in [0.717, 1.165) is 0 Å². The topological polar surface area (TPSA) is 181 Å². The molecule has 3 aliphatic carbocycles. The first-order valence-corrected chi connectivity index (χ1v) is 10.2. The van der Waals surface area contributed by atoms with Crippen molar-refractivity contribution in [2.45, 2.75) is 38.3 Å². The molecule has 2 unspecified atom stereocenters. The molecule has 1 aromatic rings. The molecule has 2 fully saturated rings. The van der Waals surface area contributed by atoms with Crippen molar-refractivity contribution in [2.75, 3.05) is 0 Å². The molecule has 2 saturated carbocycles. The third-order valence-corrected chi connectivity index (χ3v) is 6.91. The van der Waals surface area contributed by atoms with Crippen molar-refractivity contribution in [3.05, 3.63) is 28.8 Å². The second-order valence-corrected chi connectivity index (χ2v) is 8.75. The van der Waals surface area contributed by atoms with Crippen LogP contribution in [0.1, 0.15) is 41.3 Å². The molecule has 0 heterocycles. The van der Waals surface area contributed by atoms with Crippen LogP contribution in [0.2, 0.25) is 0 Å². The van der Waals surface area contributed by atoms with Gasteiger partial charge >= 0.3 is 0 Å². The van der Waals surface area contributed by atoms with Crippen LogP contribution < -0.4 is 11.1 Å². The summed E-state index contributed by atoms with van der Waals surface area (Å²) in [4.78, 5) is 74.8. The van der Waals surface area contributed by atoms with Crippen LogP contribution in [-0.4, -0.2) is 50.8 Å². The first kappa shape index (κ1) is 21.8. The van der Waals surface area contributed by atoms with Gasteiger partial charge in [-0.15, -0.1) is 0 Å². The number of aliphatic hydroxyl groups is 1. The molecule has 4 rings (SSSR count). The third kappa shape index (κ3) is 2.97. The highest BCUT2D eigenvalue weighted by molar-refractivity contribution is 6.31. The highest BCUT2D eigenvalue weighted by Crippen LogP contribution is 2.50. The summed E-state index contributed by atoms with van der Waals surface area (Å²) in [5.41, 5.74) is 3.47. The lowest BCUT2D eigenvalue weighted by molar-refractivity contribution is -0.175. The molecule has 2 amide bonds. The van der Waals surface area contributed by atoms with Gasteiger partial charge in [0.2, 0.25) is 11.8 Å². The molecule has 5 N–H and O–H groups in total. The van der Waals surface area contributed by atoms with Crippen molar-refractivity contribution in [3.8, 4) is 5.75 Å². The fraction of sp³-hybridized carbons (Fsp3) is 0.455. The van der Waals surface area contributed by atoms with E-state index in [1.54, 1.807) is 6.07 Å². The number of fused-ring (bicyclic) bond motifs is 3. The number of phenols is 1. The minimum atomic E-state index is -2.66. The Labute approximate surface area is 182 Å². The molecule has 0 bridgehead atoms. The summed E-state index contributed by atoms with van der Waals surface area (Å²) in [6.07, 6.45) is -0.185. The molecule has 32 heavy (non-hydrogen) atoms. The van der Waals surface area contributed by atoms with Gasteiger partial charge in [-0.1, -0.05) is 6.07 Å². The normalized spacial score (nSPS) is 31.4. The summed E-state index contributed by atoms with van der Waals surface area (Å²) < 4.78 is 0. The second-order valence-electron chi connectivity index (χ2n) is 8.75. The molecule has 1 aromatic carbocycles. The van der Waals surface area contributed by atoms with Crippen LogP contribution in [0.5, 0.6) is 5.75 Å². The van der Waals surface area contributed by atoms with E-state index in [1.807, 2.05) is 0 Å². The average molecular weight is 442 g/mol. The van der Waals surface area contributed by atoms with Gasteiger partial charge in [-0.25, -0.2) is 0 Å². The van der Waals surface area contributed by atoms with Crippen LogP contribution in [0.15, 0.2) is 12.1 Å². The number of ketones is 4. The van der Waals surface area contributed by atoms with E-state index in [0.29, 0.717) is 11.1 Å². The predicted molar refractivity (Wildman–Crippen MR) is 106 cm³/mol. The van der Waals surface area contributed by atoms with Crippen molar-refractivity contribution in [1.29, 1.82) is 0 Å². The SMILES string of the molecule is CC(=O)NCc1ccc(O)c2c1C[C@H]1C[C@H]3CC(=O)C(C(N)=O)C(=O)[C@@]3(O)C(=O)C1C2=O. The minimum Gasteiger partial charge on any atom is -0.507 e. The average Bonchev–Trinajstić information content (AvgIpc) is 2.69. The molecule has 5 atom stereocenters. The molecule has 168 valence electrons. The number of carbonyl (C=O) groups is 6. The quantitative estimate of drug-likeness (QED) is 0.428. The van der Waals surface area contributed by atoms with E-state index in [-0.39, 0.29) is 43.0 Å². The lowest BCUT2D eigenvalue weighted by Crippen LogP contribution is -2.68. The van der Waals surface area contributed by atoms with Crippen LogP contribution in [0.4, 0.5) is 0 Å². The highest BCUT2D eigenvalue weighted by atomic mass is 16.3. The number of aromatic hydroxyl groups is 1. The van der Waals surface area contributed by atoms with Gasteiger partial charge in [-0.3, -0.25) is 28.8 Å². The molecule has 10 nitrogen and oxygen atoms in total. The number of phenolic OH excluding ortho intramolecular Hbond substituents is 1. The Morgan fingerprint density at radius 1 is 1.16 bits per heavy atom. The van der Waals surface area contributed by atoms with E-state index in [9.17, 15) is 39.0 Å². The molecule has 3 aliphatic rings. The lowest BCUT2D eigenvalue weighted by Gasteiger charge is -2.48. The van der Waals surface area contributed by atoms with Crippen LogP contribution in [-0.2, 0) is 36.9 Å². The van der Waals surface area contributed by atoms with Crippen molar-refractivity contribution >= 4 is 34.9 Å². The van der Waals surface area contributed by atoms with Gasteiger partial charge in [0.15, 0.2) is 34.7 Å². The van der Waals surface area contributed by atoms with Crippen LogP contribution in [0, 0.1) is 23.7 Å². The number of primary amides is 1. The zero-order chi connectivity index (χ0) is 23.5. The van der Waals surface area contributed by atoms with E-state index in [4.69, 9.17) is 5.73 Å². The molecule has 10 heteroatoms. The number of Topliss-reactive ketones (excluding diaryl/α,β-unsaturated/α-hetero) is 4. The van der Waals surface area contributed by atoms with Gasteiger partial charge in [0, 0.05) is 25.8 Å². The molecule has 0 aromatic heterocycles. The third-order valence-electron chi connectivity index (χ3n) is 6.91. The maximum absolute atomic E-state index is 13.3. The second kappa shape index (κ2) is 7.33. The predicted octanol–water partition coefficient (Wildman–Crippen LogP) is -1.04. The summed E-state index contributed by atoms with van der Waals surface area (Å²) in [7, 11) is 0. The summed E-state index contributed by atoms with van der Waals surface area (Å²) in [5.74, 6) is -10.7. The van der Waals surface area contributed by atoms with E-state index >= 15 is 0 Å². The molecule has 0 saturated heterocycles. The minimum absolute atomic E-state index is 0.0241. The Morgan fingerprint density at radius 3 is 2.47 bits per heavy atom. The van der Waals surface area contributed by atoms with Gasteiger partial charge < -0.3 is 21.3 Å². The van der Waals surface area contributed by atoms with Crippen LogP contribution >= 0.6 is 0 Å². The Morgan fingerprint density at radius 2 is 1.84 bits per heavy atom. The van der Waals surface area contributed by atoms with Crippen molar-refractivity contribution in [3.63, 3.8) is 0 Å². The Balaban J connectivity index is 1.77. The number of benzene rings is 1. The molecular formula is C22H22N2O8. The van der Waals surface area contributed by atoms with Gasteiger partial charge in [0.1, 0.15) is 5.75 Å². The van der Waals surface area contributed by atoms with E-state index in [2.05, 4.69) is 5.32 Å². The standard InChI is InChI=1S/C22H22N2O8/c1-8(25)24-7-9-2-3-13(26)16-12(9)5-10-4-11-6-14(27)17(21(23)31)20(30)22(11,32)19(29)15(10)18(16)28/h2-3,10-11,15,17,26,32H,4-7H2,1H3,(H2,23,31)(H,24,25)/t10-,11+,15?,17?,22+/m1/s1. The number of amides is 2. The van der Waals surface area contributed by atoms with Gasteiger partial charge in [-0.05, 0) is 36.0 Å². The first-order chi connectivity index (χ1) is 15.0. The summed E-state index contributed by atoms with van der Waals surface area (Å²) in [6.45, 7) is 1.45. The molecule has 0 aliphatic heterocycles. The maximum atomic E-state index is 13.3. The van der Waals surface area contributed by atoms with Gasteiger partial charge in [-0.2, -0.15) is 0 Å². The number of hydrogen-bond acceptors (Lipinski definition) is 8. The number of nitrogens with two attached hydrogens (primary N) is 1. The molecule has 0 radical (unpaired) electrons. The summed E-state index contributed by atoms with van der Waals surface area (Å²) in [5, 5.41) is 24.1. The highest BCUT2D eigenvalue weighted by Gasteiger charge is 2.66. The first-order valence-electron chi connectivity index (χ1n) is 10.2. The van der Waals surface area contributed by atoms with E-state index in [1.165, 1.54) is 13.0 Å². The maximum Gasteiger partial charge on any atom is 0.235 e. The fourth-order valence-corrected chi connectivity index (χ4v) is 5.42. The Kier molecular flexibility index (Phi) is 5.00. The number of rotatable bonds is 3. The zero-order valence-electron chi connectivity index (χ0n) is 17.2. The fourth-order valence-electron chi connectivity index (χ4n) is 5.42. The van der Waals surface area contributed by atoms with Crippen LogP contribution in [0.25, 0.3) is 0 Å². The van der Waals surface area contributed by atoms with Gasteiger partial charge in [0.05, 0.1) is 11.5 Å². The van der Waals surface area contributed by atoms with Crippen molar-refractivity contribution in [1.82, 2.24) is 5.32 Å². The monoisotopic (exact) mass is 442 g/mol. The largest absolute Gasteiger partial charge is 0.507 e. The number of nitrogens with one attached hydrogen (secondary N) is 1. The number of carbonyl (C=O) groups excluding carboxylic acids is 6. The summed E-state index contributed by atoms with van der Waals surface area (Å²) in [6, 6.07) is 2.86. The lowest BCUT2D eigenvalue weighted by atomic mass is 9.53. The Hall–Kier alpha value is -3.40.